The molecular formula is C11H11N3O5S. The number of carbonyl (C=O) groups is 1. The number of nitrogens with zero attached hydrogens (tertiary/aromatic N) is 2. The number of carbonyl (C=O) groups excluding carboxylic acids is 1. The summed E-state index contributed by atoms with van der Waals surface area (Å²) in [6.45, 7) is 0.311. The van der Waals surface area contributed by atoms with Crippen molar-refractivity contribution in [3.8, 4) is 5.75 Å². The number of aromatic nitrogens is 2. The van der Waals surface area contributed by atoms with Crippen molar-refractivity contribution in [2.75, 3.05) is 19.5 Å². The molecule has 0 unspecified atom stereocenters. The summed E-state index contributed by atoms with van der Waals surface area (Å²) in [5.74, 6) is -0.705. The van der Waals surface area contributed by atoms with Gasteiger partial charge in [-0.15, -0.1) is 10.2 Å². The van der Waals surface area contributed by atoms with Crippen molar-refractivity contribution in [2.45, 2.75) is 6.61 Å². The van der Waals surface area contributed by atoms with Crippen LogP contribution in [0.2, 0.25) is 0 Å². The minimum absolute atomic E-state index is 0.0276. The molecule has 0 aliphatic carbocycles. The van der Waals surface area contributed by atoms with Gasteiger partial charge in [-0.25, -0.2) is 0 Å². The average Bonchev–Trinajstić information content (AvgIpc) is 2.86. The highest BCUT2D eigenvalue weighted by molar-refractivity contribution is 7.15. The van der Waals surface area contributed by atoms with Gasteiger partial charge < -0.3 is 13.9 Å². The van der Waals surface area contributed by atoms with Crippen LogP contribution in [-0.2, 0) is 11.3 Å². The Bertz CT molecular complexity index is 666. The third-order valence-electron chi connectivity index (χ3n) is 2.20. The van der Waals surface area contributed by atoms with E-state index in [0.717, 1.165) is 12.3 Å². The minimum Gasteiger partial charge on any atom is -0.490 e. The molecule has 0 saturated heterocycles. The highest BCUT2D eigenvalue weighted by Gasteiger charge is 2.14. The van der Waals surface area contributed by atoms with Gasteiger partial charge in [0.25, 0.3) is 5.91 Å². The Balaban J connectivity index is 2.11. The Morgan fingerprint density at radius 2 is 2.25 bits per heavy atom. The summed E-state index contributed by atoms with van der Waals surface area (Å²) in [6, 6.07) is 1.05. The van der Waals surface area contributed by atoms with E-state index in [1.54, 1.807) is 0 Å². The predicted octanol–water partition coefficient (Wildman–Crippen LogP) is 0.899. The van der Waals surface area contributed by atoms with Crippen LogP contribution in [0.5, 0.6) is 5.75 Å². The van der Waals surface area contributed by atoms with Crippen LogP contribution in [0.15, 0.2) is 21.5 Å². The van der Waals surface area contributed by atoms with Crippen LogP contribution in [0.1, 0.15) is 15.6 Å². The van der Waals surface area contributed by atoms with Gasteiger partial charge in [0.2, 0.25) is 16.3 Å². The van der Waals surface area contributed by atoms with Gasteiger partial charge in [0.1, 0.15) is 17.9 Å². The van der Waals surface area contributed by atoms with Crippen LogP contribution >= 0.6 is 11.3 Å². The SMILES string of the molecule is COCc1nnc(NC(=O)c2cc(=O)c(OC)co2)s1. The summed E-state index contributed by atoms with van der Waals surface area (Å²) in [5.41, 5.74) is -0.443. The molecule has 0 spiro atoms. The first-order chi connectivity index (χ1) is 9.63. The van der Waals surface area contributed by atoms with Crippen LogP contribution in [0.3, 0.4) is 0 Å². The molecule has 0 aliphatic heterocycles. The number of anilines is 1. The highest BCUT2D eigenvalue weighted by Crippen LogP contribution is 2.16. The number of ether oxygens (including phenoxy) is 2. The first-order valence-corrected chi connectivity index (χ1v) is 6.25. The molecule has 0 saturated carbocycles. The Morgan fingerprint density at radius 3 is 2.90 bits per heavy atom. The molecule has 2 rings (SSSR count). The second kappa shape index (κ2) is 6.26. The third kappa shape index (κ3) is 3.19. The normalized spacial score (nSPS) is 10.3. The summed E-state index contributed by atoms with van der Waals surface area (Å²) in [5, 5.41) is 11.0. The molecule has 8 nitrogen and oxygen atoms in total. The lowest BCUT2D eigenvalue weighted by molar-refractivity contribution is 0.0993. The molecule has 0 radical (unpaired) electrons. The predicted molar refractivity (Wildman–Crippen MR) is 70.1 cm³/mol. The number of methoxy groups -OCH3 is 2. The van der Waals surface area contributed by atoms with Gasteiger partial charge in [-0.05, 0) is 0 Å². The van der Waals surface area contributed by atoms with E-state index in [1.165, 1.54) is 25.6 Å². The van der Waals surface area contributed by atoms with E-state index < -0.39 is 11.3 Å². The fourth-order valence-electron chi connectivity index (χ4n) is 1.31. The monoisotopic (exact) mass is 297 g/mol. The van der Waals surface area contributed by atoms with Crippen LogP contribution in [0.25, 0.3) is 0 Å². The maximum absolute atomic E-state index is 11.9. The molecule has 9 heteroatoms. The molecule has 1 amide bonds. The van der Waals surface area contributed by atoms with Crippen molar-refractivity contribution in [3.05, 3.63) is 33.3 Å². The maximum Gasteiger partial charge on any atom is 0.293 e. The average molecular weight is 297 g/mol. The Kier molecular flexibility index (Phi) is 4.43. The molecule has 1 N–H and O–H groups in total. The zero-order chi connectivity index (χ0) is 14.5. The zero-order valence-electron chi connectivity index (χ0n) is 10.7. The number of nitrogens with one attached hydrogen (secondary N) is 1. The van der Waals surface area contributed by atoms with E-state index in [2.05, 4.69) is 15.5 Å². The summed E-state index contributed by atoms with van der Waals surface area (Å²) in [6.07, 6.45) is 1.08. The zero-order valence-corrected chi connectivity index (χ0v) is 11.5. The van der Waals surface area contributed by atoms with E-state index in [-0.39, 0.29) is 11.5 Å². The first-order valence-electron chi connectivity index (χ1n) is 5.43. The van der Waals surface area contributed by atoms with Crippen molar-refractivity contribution < 1.29 is 18.7 Å². The lowest BCUT2D eigenvalue weighted by atomic mass is 10.3. The topological polar surface area (TPSA) is 104 Å². The smallest absolute Gasteiger partial charge is 0.293 e. The van der Waals surface area contributed by atoms with Gasteiger partial charge in [0.05, 0.1) is 7.11 Å². The van der Waals surface area contributed by atoms with Crippen molar-refractivity contribution in [2.24, 2.45) is 0 Å². The van der Waals surface area contributed by atoms with Gasteiger partial charge >= 0.3 is 0 Å². The number of hydrogen-bond acceptors (Lipinski definition) is 8. The Morgan fingerprint density at radius 1 is 1.45 bits per heavy atom. The second-order valence-corrected chi connectivity index (χ2v) is 4.63. The molecule has 2 aromatic heterocycles. The fourth-order valence-corrected chi connectivity index (χ4v) is 2.02. The van der Waals surface area contributed by atoms with Crippen molar-refractivity contribution in [1.82, 2.24) is 10.2 Å². The minimum atomic E-state index is -0.593. The van der Waals surface area contributed by atoms with Crippen LogP contribution < -0.4 is 15.5 Å². The summed E-state index contributed by atoms with van der Waals surface area (Å²) in [7, 11) is 2.87. The lowest BCUT2D eigenvalue weighted by Gasteiger charge is -2.01. The molecule has 0 bridgehead atoms. The Hall–Kier alpha value is -2.26. The molecule has 2 heterocycles. The van der Waals surface area contributed by atoms with Gasteiger partial charge in [-0.3, -0.25) is 14.9 Å². The molecule has 0 aromatic carbocycles. The third-order valence-corrected chi connectivity index (χ3v) is 3.01. The Labute approximate surface area is 117 Å². The molecule has 0 atom stereocenters. The fraction of sp³-hybridized carbons (Fsp3) is 0.273. The van der Waals surface area contributed by atoms with E-state index in [4.69, 9.17) is 13.9 Å². The van der Waals surface area contributed by atoms with Crippen molar-refractivity contribution in [3.63, 3.8) is 0 Å². The van der Waals surface area contributed by atoms with Crippen molar-refractivity contribution in [1.29, 1.82) is 0 Å². The van der Waals surface area contributed by atoms with Crippen LogP contribution in [0, 0.1) is 0 Å². The van der Waals surface area contributed by atoms with Gasteiger partial charge in [0, 0.05) is 13.2 Å². The van der Waals surface area contributed by atoms with E-state index in [1.807, 2.05) is 0 Å². The summed E-state index contributed by atoms with van der Waals surface area (Å²) in [4.78, 5) is 23.4. The second-order valence-electron chi connectivity index (χ2n) is 3.57. The molecular weight excluding hydrogens is 286 g/mol. The molecule has 106 valence electrons. The van der Waals surface area contributed by atoms with Crippen LogP contribution in [-0.4, -0.2) is 30.3 Å². The number of rotatable bonds is 5. The first kappa shape index (κ1) is 14.2. The van der Waals surface area contributed by atoms with Crippen LogP contribution in [0.4, 0.5) is 5.13 Å². The quantitative estimate of drug-likeness (QED) is 0.874. The van der Waals surface area contributed by atoms with Gasteiger partial charge in [0.15, 0.2) is 5.76 Å². The molecule has 0 aliphatic rings. The number of hydrogen-bond donors (Lipinski definition) is 1. The highest BCUT2D eigenvalue weighted by atomic mass is 32.1. The van der Waals surface area contributed by atoms with Gasteiger partial charge in [-0.2, -0.15) is 0 Å². The lowest BCUT2D eigenvalue weighted by Crippen LogP contribution is -2.15. The largest absolute Gasteiger partial charge is 0.490 e. The summed E-state index contributed by atoms with van der Waals surface area (Å²) >= 11 is 1.17. The maximum atomic E-state index is 11.9. The summed E-state index contributed by atoms with van der Waals surface area (Å²) < 4.78 is 14.7. The molecule has 20 heavy (non-hydrogen) atoms. The standard InChI is InChI=1S/C11H11N3O5S/c1-17-5-9-13-14-11(20-9)12-10(16)7-3-6(15)8(18-2)4-19-7/h3-4H,5H2,1-2H3,(H,12,14,16). The van der Waals surface area contributed by atoms with Gasteiger partial charge in [-0.1, -0.05) is 11.3 Å². The van der Waals surface area contributed by atoms with Crippen molar-refractivity contribution >= 4 is 22.4 Å². The van der Waals surface area contributed by atoms with E-state index in [9.17, 15) is 9.59 Å². The van der Waals surface area contributed by atoms with E-state index in [0.29, 0.717) is 16.7 Å². The van der Waals surface area contributed by atoms with E-state index >= 15 is 0 Å². The number of amides is 1. The molecule has 0 fully saturated rings. The molecule has 2 aromatic rings.